The molecule has 1 amide bonds. The Morgan fingerprint density at radius 2 is 1.90 bits per heavy atom. The SMILES string of the molecule is O=C(O)[C@@H]1CCC[C@H](C(=O)N2CCc3ccccc32)C1. The number of carbonyl (C=O) groups excluding carboxylic acids is 1. The largest absolute Gasteiger partial charge is 0.481 e. The number of carboxylic acids is 1. The summed E-state index contributed by atoms with van der Waals surface area (Å²) in [5, 5.41) is 9.14. The Labute approximate surface area is 118 Å². The zero-order valence-corrected chi connectivity index (χ0v) is 11.4. The molecular weight excluding hydrogens is 254 g/mol. The third kappa shape index (κ3) is 2.30. The smallest absolute Gasteiger partial charge is 0.306 e. The summed E-state index contributed by atoms with van der Waals surface area (Å²) in [4.78, 5) is 25.6. The highest BCUT2D eigenvalue weighted by atomic mass is 16.4. The van der Waals surface area contributed by atoms with Gasteiger partial charge in [0.1, 0.15) is 0 Å². The normalized spacial score (nSPS) is 25.3. The summed E-state index contributed by atoms with van der Waals surface area (Å²) in [6.07, 6.45) is 3.75. The molecule has 3 rings (SSSR count). The van der Waals surface area contributed by atoms with Gasteiger partial charge in [-0.15, -0.1) is 0 Å². The summed E-state index contributed by atoms with van der Waals surface area (Å²) in [6.45, 7) is 0.729. The van der Waals surface area contributed by atoms with Gasteiger partial charge in [-0.3, -0.25) is 9.59 Å². The van der Waals surface area contributed by atoms with E-state index in [1.165, 1.54) is 5.56 Å². The van der Waals surface area contributed by atoms with E-state index in [-0.39, 0.29) is 17.7 Å². The average Bonchev–Trinajstić information content (AvgIpc) is 2.90. The number of hydrogen-bond donors (Lipinski definition) is 1. The molecule has 1 heterocycles. The Kier molecular flexibility index (Phi) is 3.47. The van der Waals surface area contributed by atoms with E-state index in [1.54, 1.807) is 0 Å². The van der Waals surface area contributed by atoms with E-state index in [2.05, 4.69) is 6.07 Å². The number of rotatable bonds is 2. The van der Waals surface area contributed by atoms with Gasteiger partial charge in [-0.05, 0) is 37.3 Å². The predicted octanol–water partition coefficient (Wildman–Crippen LogP) is 2.47. The van der Waals surface area contributed by atoms with Crippen molar-refractivity contribution in [2.75, 3.05) is 11.4 Å². The number of benzene rings is 1. The van der Waals surface area contributed by atoms with Crippen molar-refractivity contribution in [2.45, 2.75) is 32.1 Å². The van der Waals surface area contributed by atoms with E-state index >= 15 is 0 Å². The lowest BCUT2D eigenvalue weighted by Gasteiger charge is -2.29. The van der Waals surface area contributed by atoms with Gasteiger partial charge >= 0.3 is 5.97 Å². The Bertz CT molecular complexity index is 540. The van der Waals surface area contributed by atoms with Crippen LogP contribution in [0, 0.1) is 11.8 Å². The minimum absolute atomic E-state index is 0.112. The maximum Gasteiger partial charge on any atom is 0.306 e. The first-order valence-electron chi connectivity index (χ1n) is 7.29. The van der Waals surface area contributed by atoms with Gasteiger partial charge in [-0.2, -0.15) is 0 Å². The predicted molar refractivity (Wildman–Crippen MR) is 75.6 cm³/mol. The Hall–Kier alpha value is -1.84. The highest BCUT2D eigenvalue weighted by Crippen LogP contribution is 2.34. The van der Waals surface area contributed by atoms with Crippen LogP contribution in [0.1, 0.15) is 31.2 Å². The highest BCUT2D eigenvalue weighted by molar-refractivity contribution is 5.97. The molecule has 1 N–H and O–H groups in total. The summed E-state index contributed by atoms with van der Waals surface area (Å²) in [6, 6.07) is 7.99. The van der Waals surface area contributed by atoms with Crippen LogP contribution in [0.4, 0.5) is 5.69 Å². The molecule has 0 unspecified atom stereocenters. The van der Waals surface area contributed by atoms with Crippen molar-refractivity contribution in [1.82, 2.24) is 0 Å². The van der Waals surface area contributed by atoms with Crippen LogP contribution < -0.4 is 4.90 Å². The number of anilines is 1. The Balaban J connectivity index is 1.75. The Morgan fingerprint density at radius 1 is 1.15 bits per heavy atom. The standard InChI is InChI=1S/C16H19NO3/c18-15(12-5-3-6-13(10-12)16(19)20)17-9-8-11-4-1-2-7-14(11)17/h1-2,4,7,12-13H,3,5-6,8-10H2,(H,19,20)/t12-,13+/m0/s1. The van der Waals surface area contributed by atoms with Gasteiger partial charge < -0.3 is 10.0 Å². The molecule has 1 fully saturated rings. The van der Waals surface area contributed by atoms with Crippen LogP contribution in [-0.2, 0) is 16.0 Å². The van der Waals surface area contributed by atoms with Crippen molar-refractivity contribution >= 4 is 17.6 Å². The number of fused-ring (bicyclic) bond motifs is 1. The molecule has 20 heavy (non-hydrogen) atoms. The topological polar surface area (TPSA) is 57.6 Å². The number of carbonyl (C=O) groups is 2. The molecule has 0 bridgehead atoms. The summed E-state index contributed by atoms with van der Waals surface area (Å²) in [5.41, 5.74) is 2.22. The monoisotopic (exact) mass is 273 g/mol. The van der Waals surface area contributed by atoms with Crippen molar-refractivity contribution in [1.29, 1.82) is 0 Å². The summed E-state index contributed by atoms with van der Waals surface area (Å²) in [5.74, 6) is -1.13. The molecule has 2 aliphatic rings. The molecule has 1 aromatic carbocycles. The number of aliphatic carboxylic acids is 1. The van der Waals surface area contributed by atoms with Crippen LogP contribution in [0.5, 0.6) is 0 Å². The number of amides is 1. The minimum atomic E-state index is -0.760. The van der Waals surface area contributed by atoms with Gasteiger partial charge in [-0.25, -0.2) is 0 Å². The van der Waals surface area contributed by atoms with Gasteiger partial charge in [-0.1, -0.05) is 24.6 Å². The van der Waals surface area contributed by atoms with Crippen molar-refractivity contribution in [3.05, 3.63) is 29.8 Å². The molecule has 106 valence electrons. The zero-order valence-electron chi connectivity index (χ0n) is 11.4. The van der Waals surface area contributed by atoms with Crippen molar-refractivity contribution in [3.63, 3.8) is 0 Å². The lowest BCUT2D eigenvalue weighted by Crippen LogP contribution is -2.38. The molecular formula is C16H19NO3. The van der Waals surface area contributed by atoms with E-state index in [0.29, 0.717) is 12.8 Å². The fourth-order valence-corrected chi connectivity index (χ4v) is 3.43. The second-order valence-electron chi connectivity index (χ2n) is 5.77. The van der Waals surface area contributed by atoms with Crippen LogP contribution >= 0.6 is 0 Å². The van der Waals surface area contributed by atoms with Crippen molar-refractivity contribution < 1.29 is 14.7 Å². The second kappa shape index (κ2) is 5.27. The maximum absolute atomic E-state index is 12.7. The zero-order chi connectivity index (χ0) is 14.1. The molecule has 1 aromatic rings. The number of para-hydroxylation sites is 1. The lowest BCUT2D eigenvalue weighted by atomic mass is 9.80. The molecule has 1 aliphatic carbocycles. The van der Waals surface area contributed by atoms with E-state index in [1.807, 2.05) is 23.1 Å². The number of carboxylic acid groups (broad SMARTS) is 1. The summed E-state index contributed by atoms with van der Waals surface area (Å²) >= 11 is 0. The van der Waals surface area contributed by atoms with Crippen LogP contribution in [0.15, 0.2) is 24.3 Å². The first kappa shape index (κ1) is 13.2. The molecule has 4 heteroatoms. The molecule has 0 radical (unpaired) electrons. The lowest BCUT2D eigenvalue weighted by molar-refractivity contribution is -0.143. The molecule has 0 saturated heterocycles. The van der Waals surface area contributed by atoms with Crippen molar-refractivity contribution in [3.8, 4) is 0 Å². The van der Waals surface area contributed by atoms with E-state index < -0.39 is 5.97 Å². The van der Waals surface area contributed by atoms with Gasteiger partial charge in [0.2, 0.25) is 5.91 Å². The van der Waals surface area contributed by atoms with E-state index in [0.717, 1.165) is 31.5 Å². The van der Waals surface area contributed by atoms with E-state index in [9.17, 15) is 9.59 Å². The van der Waals surface area contributed by atoms with Crippen molar-refractivity contribution in [2.24, 2.45) is 11.8 Å². The first-order valence-corrected chi connectivity index (χ1v) is 7.29. The molecule has 0 spiro atoms. The summed E-state index contributed by atoms with van der Waals surface area (Å²) < 4.78 is 0. The molecule has 0 aromatic heterocycles. The number of nitrogens with zero attached hydrogens (tertiary/aromatic N) is 1. The fraction of sp³-hybridized carbons (Fsp3) is 0.500. The van der Waals surface area contributed by atoms with Gasteiger partial charge in [0.25, 0.3) is 0 Å². The van der Waals surface area contributed by atoms with Gasteiger partial charge in [0.05, 0.1) is 5.92 Å². The second-order valence-corrected chi connectivity index (χ2v) is 5.77. The third-order valence-corrected chi connectivity index (χ3v) is 4.53. The molecule has 4 nitrogen and oxygen atoms in total. The third-order valence-electron chi connectivity index (χ3n) is 4.53. The van der Waals surface area contributed by atoms with Crippen LogP contribution in [-0.4, -0.2) is 23.5 Å². The van der Waals surface area contributed by atoms with Crippen LogP contribution in [0.3, 0.4) is 0 Å². The highest BCUT2D eigenvalue weighted by Gasteiger charge is 2.35. The molecule has 1 aliphatic heterocycles. The molecule has 1 saturated carbocycles. The van der Waals surface area contributed by atoms with E-state index in [4.69, 9.17) is 5.11 Å². The average molecular weight is 273 g/mol. The van der Waals surface area contributed by atoms with Crippen LogP contribution in [0.25, 0.3) is 0 Å². The number of hydrogen-bond acceptors (Lipinski definition) is 2. The fourth-order valence-electron chi connectivity index (χ4n) is 3.43. The summed E-state index contributed by atoms with van der Waals surface area (Å²) in [7, 11) is 0. The molecule has 2 atom stereocenters. The quantitative estimate of drug-likeness (QED) is 0.900. The van der Waals surface area contributed by atoms with Crippen LogP contribution in [0.2, 0.25) is 0 Å². The minimum Gasteiger partial charge on any atom is -0.481 e. The van der Waals surface area contributed by atoms with Gasteiger partial charge in [0.15, 0.2) is 0 Å². The van der Waals surface area contributed by atoms with Gasteiger partial charge in [0, 0.05) is 18.2 Å². The Morgan fingerprint density at radius 3 is 2.70 bits per heavy atom. The maximum atomic E-state index is 12.7. The first-order chi connectivity index (χ1) is 9.66.